The fourth-order valence-corrected chi connectivity index (χ4v) is 3.21. The highest BCUT2D eigenvalue weighted by Gasteiger charge is 2.07. The molecule has 3 N–H and O–H groups in total. The highest BCUT2D eigenvalue weighted by molar-refractivity contribution is 8.01. The lowest BCUT2D eigenvalue weighted by molar-refractivity contribution is -0.113. The van der Waals surface area contributed by atoms with E-state index < -0.39 is 0 Å². The lowest BCUT2D eigenvalue weighted by atomic mass is 10.2. The van der Waals surface area contributed by atoms with E-state index in [9.17, 15) is 4.79 Å². The molecule has 1 aromatic heterocycles. The molecule has 1 aromatic carbocycles. The third kappa shape index (κ3) is 4.12. The van der Waals surface area contributed by atoms with Crippen molar-refractivity contribution in [1.82, 2.24) is 4.98 Å². The number of nitrogen functional groups attached to an aromatic ring is 1. The standard InChI is InChI=1S/C12H12ClN3OS2/c1-7-4-8(13)2-3-9(7)16-10(17)6-18-11-5-15-12(14)19-11/h2-5H,6H2,1H3,(H2,14,15)(H,16,17). The minimum absolute atomic E-state index is 0.0672. The van der Waals surface area contributed by atoms with Gasteiger partial charge >= 0.3 is 0 Å². The maximum absolute atomic E-state index is 11.8. The van der Waals surface area contributed by atoms with E-state index in [2.05, 4.69) is 10.3 Å². The molecule has 0 aliphatic rings. The number of aromatic nitrogens is 1. The Kier molecular flexibility index (Phi) is 4.68. The molecule has 0 saturated heterocycles. The van der Waals surface area contributed by atoms with E-state index >= 15 is 0 Å². The van der Waals surface area contributed by atoms with Crippen molar-refractivity contribution in [2.45, 2.75) is 11.1 Å². The third-order valence-electron chi connectivity index (χ3n) is 2.31. The smallest absolute Gasteiger partial charge is 0.234 e. The van der Waals surface area contributed by atoms with Crippen LogP contribution in [0.5, 0.6) is 0 Å². The number of nitrogens with two attached hydrogens (primary N) is 1. The Hall–Kier alpha value is -1.24. The van der Waals surface area contributed by atoms with Crippen molar-refractivity contribution in [2.24, 2.45) is 0 Å². The molecular formula is C12H12ClN3OS2. The number of rotatable bonds is 4. The van der Waals surface area contributed by atoms with Crippen molar-refractivity contribution in [2.75, 3.05) is 16.8 Å². The minimum Gasteiger partial charge on any atom is -0.375 e. The molecule has 0 fully saturated rings. The van der Waals surface area contributed by atoms with Crippen LogP contribution in [0.15, 0.2) is 28.6 Å². The summed E-state index contributed by atoms with van der Waals surface area (Å²) < 4.78 is 0.931. The molecule has 0 aliphatic carbocycles. The summed E-state index contributed by atoms with van der Waals surface area (Å²) in [4.78, 5) is 15.7. The largest absolute Gasteiger partial charge is 0.375 e. The number of hydrogen-bond acceptors (Lipinski definition) is 5. The zero-order valence-corrected chi connectivity index (χ0v) is 12.5. The molecule has 1 amide bonds. The van der Waals surface area contributed by atoms with Crippen LogP contribution in [0, 0.1) is 6.92 Å². The number of thioether (sulfide) groups is 1. The second-order valence-electron chi connectivity index (χ2n) is 3.81. The fourth-order valence-electron chi connectivity index (χ4n) is 1.43. The van der Waals surface area contributed by atoms with E-state index in [0.29, 0.717) is 15.9 Å². The number of carbonyl (C=O) groups is 1. The lowest BCUT2D eigenvalue weighted by Crippen LogP contribution is -2.14. The summed E-state index contributed by atoms with van der Waals surface area (Å²) in [6.45, 7) is 1.90. The fraction of sp³-hybridized carbons (Fsp3) is 0.167. The van der Waals surface area contributed by atoms with E-state index in [1.807, 2.05) is 13.0 Å². The number of nitrogens with one attached hydrogen (secondary N) is 1. The van der Waals surface area contributed by atoms with Gasteiger partial charge in [-0.15, -0.1) is 11.8 Å². The Bertz CT molecular complexity index is 600. The van der Waals surface area contributed by atoms with Gasteiger partial charge in [0.15, 0.2) is 5.13 Å². The summed E-state index contributed by atoms with van der Waals surface area (Å²) in [5.41, 5.74) is 7.24. The number of hydrogen-bond donors (Lipinski definition) is 2. The van der Waals surface area contributed by atoms with Crippen LogP contribution in [0.25, 0.3) is 0 Å². The highest BCUT2D eigenvalue weighted by Crippen LogP contribution is 2.26. The normalized spacial score (nSPS) is 10.4. The average molecular weight is 314 g/mol. The minimum atomic E-state index is -0.0672. The topological polar surface area (TPSA) is 68.0 Å². The van der Waals surface area contributed by atoms with E-state index in [-0.39, 0.29) is 5.91 Å². The van der Waals surface area contributed by atoms with Crippen LogP contribution in [0.4, 0.5) is 10.8 Å². The van der Waals surface area contributed by atoms with Crippen molar-refractivity contribution in [3.63, 3.8) is 0 Å². The van der Waals surface area contributed by atoms with Gasteiger partial charge in [0.2, 0.25) is 5.91 Å². The van der Waals surface area contributed by atoms with E-state index in [4.69, 9.17) is 17.3 Å². The quantitative estimate of drug-likeness (QED) is 0.849. The Morgan fingerprint density at radius 3 is 3.00 bits per heavy atom. The predicted molar refractivity (Wildman–Crippen MR) is 82.1 cm³/mol. The number of halogens is 1. The molecule has 0 bridgehead atoms. The van der Waals surface area contributed by atoms with Crippen molar-refractivity contribution in [3.8, 4) is 0 Å². The van der Waals surface area contributed by atoms with Crippen LogP contribution in [0.3, 0.4) is 0 Å². The van der Waals surface area contributed by atoms with Gasteiger partial charge in [-0.25, -0.2) is 4.98 Å². The molecule has 19 heavy (non-hydrogen) atoms. The number of aryl methyl sites for hydroxylation is 1. The molecule has 0 unspecified atom stereocenters. The molecular weight excluding hydrogens is 302 g/mol. The monoisotopic (exact) mass is 313 g/mol. The molecule has 4 nitrogen and oxygen atoms in total. The van der Waals surface area contributed by atoms with Crippen LogP contribution in [-0.4, -0.2) is 16.6 Å². The van der Waals surface area contributed by atoms with Crippen LogP contribution in [0.2, 0.25) is 5.02 Å². The first kappa shape index (κ1) is 14.2. The van der Waals surface area contributed by atoms with Crippen molar-refractivity contribution < 1.29 is 4.79 Å². The van der Waals surface area contributed by atoms with Gasteiger partial charge in [-0.2, -0.15) is 0 Å². The maximum atomic E-state index is 11.8. The van der Waals surface area contributed by atoms with Gasteiger partial charge in [-0.1, -0.05) is 22.9 Å². The summed E-state index contributed by atoms with van der Waals surface area (Å²) in [5.74, 6) is 0.256. The van der Waals surface area contributed by atoms with Crippen LogP contribution >= 0.6 is 34.7 Å². The molecule has 2 aromatic rings. The van der Waals surface area contributed by atoms with Crippen molar-refractivity contribution >= 4 is 51.4 Å². The number of nitrogens with zero attached hydrogens (tertiary/aromatic N) is 1. The Labute approximate surface area is 124 Å². The molecule has 0 aliphatic heterocycles. The SMILES string of the molecule is Cc1cc(Cl)ccc1NC(=O)CSc1cnc(N)s1. The zero-order chi connectivity index (χ0) is 13.8. The van der Waals surface area contributed by atoms with Gasteiger partial charge in [-0.3, -0.25) is 4.79 Å². The first-order chi connectivity index (χ1) is 9.04. The van der Waals surface area contributed by atoms with E-state index in [1.54, 1.807) is 18.3 Å². The van der Waals surface area contributed by atoms with Crippen LogP contribution < -0.4 is 11.1 Å². The number of amides is 1. The number of thiazole rings is 1. The average Bonchev–Trinajstić information content (AvgIpc) is 2.76. The second-order valence-corrected chi connectivity index (χ2v) is 6.59. The van der Waals surface area contributed by atoms with Crippen LogP contribution in [-0.2, 0) is 4.79 Å². The number of benzene rings is 1. The molecule has 0 radical (unpaired) electrons. The van der Waals surface area contributed by atoms with Gasteiger partial charge in [0.25, 0.3) is 0 Å². The zero-order valence-electron chi connectivity index (χ0n) is 10.1. The first-order valence-corrected chi connectivity index (χ1v) is 7.62. The number of carbonyl (C=O) groups excluding carboxylic acids is 1. The molecule has 7 heteroatoms. The third-order valence-corrected chi connectivity index (χ3v) is 4.57. The molecule has 0 atom stereocenters. The van der Waals surface area contributed by atoms with Gasteiger partial charge in [-0.05, 0) is 30.7 Å². The summed E-state index contributed by atoms with van der Waals surface area (Å²) in [6, 6.07) is 5.36. The Balaban J connectivity index is 1.90. The Morgan fingerprint density at radius 1 is 1.58 bits per heavy atom. The molecule has 100 valence electrons. The first-order valence-electron chi connectivity index (χ1n) is 5.44. The van der Waals surface area contributed by atoms with Crippen molar-refractivity contribution in [3.05, 3.63) is 35.0 Å². The van der Waals surface area contributed by atoms with Gasteiger partial charge in [0, 0.05) is 10.7 Å². The van der Waals surface area contributed by atoms with Gasteiger partial charge < -0.3 is 11.1 Å². The lowest BCUT2D eigenvalue weighted by Gasteiger charge is -2.08. The molecule has 0 saturated carbocycles. The van der Waals surface area contributed by atoms with E-state index in [0.717, 1.165) is 15.5 Å². The molecule has 2 rings (SSSR count). The molecule has 0 spiro atoms. The van der Waals surface area contributed by atoms with Gasteiger partial charge in [0.1, 0.15) is 0 Å². The summed E-state index contributed by atoms with van der Waals surface area (Å²) in [6.07, 6.45) is 1.67. The summed E-state index contributed by atoms with van der Waals surface area (Å²) >= 11 is 8.65. The summed E-state index contributed by atoms with van der Waals surface area (Å²) in [7, 11) is 0. The van der Waals surface area contributed by atoms with Crippen molar-refractivity contribution in [1.29, 1.82) is 0 Å². The Morgan fingerprint density at radius 2 is 2.37 bits per heavy atom. The summed E-state index contributed by atoms with van der Waals surface area (Å²) in [5, 5.41) is 4.02. The maximum Gasteiger partial charge on any atom is 0.234 e. The molecule has 1 heterocycles. The highest BCUT2D eigenvalue weighted by atomic mass is 35.5. The number of anilines is 2. The van der Waals surface area contributed by atoms with Gasteiger partial charge in [0.05, 0.1) is 16.2 Å². The predicted octanol–water partition coefficient (Wildman–Crippen LogP) is 3.42. The second kappa shape index (κ2) is 6.27. The van der Waals surface area contributed by atoms with E-state index in [1.165, 1.54) is 23.1 Å². The van der Waals surface area contributed by atoms with Crippen LogP contribution in [0.1, 0.15) is 5.56 Å².